The quantitative estimate of drug-likeness (QED) is 0.482. The molecule has 0 aliphatic carbocycles. The second kappa shape index (κ2) is 8.09. The minimum atomic E-state index is 0.926. The first-order valence-electron chi connectivity index (χ1n) is 10.4. The fourth-order valence-corrected chi connectivity index (χ4v) is 5.26. The Labute approximate surface area is 175 Å². The number of hydrogen-bond acceptors (Lipinski definition) is 4. The number of aromatic nitrogens is 1. The van der Waals surface area contributed by atoms with E-state index in [2.05, 4.69) is 62.8 Å². The Balaban J connectivity index is 1.16. The number of aryl methyl sites for hydroxylation is 1. The predicted octanol–water partition coefficient (Wildman–Crippen LogP) is 5.15. The van der Waals surface area contributed by atoms with E-state index in [1.54, 1.807) is 7.11 Å². The van der Waals surface area contributed by atoms with Gasteiger partial charge in [-0.2, -0.15) is 0 Å². The van der Waals surface area contributed by atoms with Crippen molar-refractivity contribution in [1.29, 1.82) is 0 Å². The number of aromatic amines is 1. The third kappa shape index (κ3) is 3.72. The fraction of sp³-hybridized carbons (Fsp3) is 0.333. The van der Waals surface area contributed by atoms with Crippen LogP contribution in [0.3, 0.4) is 0 Å². The van der Waals surface area contributed by atoms with Crippen molar-refractivity contribution in [3.05, 3.63) is 59.6 Å². The van der Waals surface area contributed by atoms with Crippen LogP contribution in [0.1, 0.15) is 12.0 Å². The van der Waals surface area contributed by atoms with E-state index >= 15 is 0 Å². The summed E-state index contributed by atoms with van der Waals surface area (Å²) in [6.07, 6.45) is 4.44. The van der Waals surface area contributed by atoms with Crippen molar-refractivity contribution in [3.63, 3.8) is 0 Å². The van der Waals surface area contributed by atoms with E-state index in [1.807, 2.05) is 17.4 Å². The zero-order valence-electron chi connectivity index (χ0n) is 16.9. The van der Waals surface area contributed by atoms with Crippen molar-refractivity contribution in [1.82, 2.24) is 9.88 Å². The standard InChI is InChI=1S/C24H27N3OS/c1-28-19-7-8-22-21(16-19)18(17-25-22)4-3-10-26-11-13-27(14-12-26)23-5-2-6-24-20(23)9-15-29-24/h2,5-9,15-17,25H,3-4,10-14H2,1H3. The van der Waals surface area contributed by atoms with Gasteiger partial charge in [0.25, 0.3) is 0 Å². The molecule has 0 radical (unpaired) electrons. The zero-order valence-corrected chi connectivity index (χ0v) is 17.7. The number of fused-ring (bicyclic) bond motifs is 2. The summed E-state index contributed by atoms with van der Waals surface area (Å²) in [5.74, 6) is 0.926. The highest BCUT2D eigenvalue weighted by atomic mass is 32.1. The molecule has 2 aromatic carbocycles. The van der Waals surface area contributed by atoms with Crippen LogP contribution in [0.2, 0.25) is 0 Å². The Morgan fingerprint density at radius 2 is 1.93 bits per heavy atom. The summed E-state index contributed by atoms with van der Waals surface area (Å²) < 4.78 is 6.78. The molecule has 1 aliphatic rings. The van der Waals surface area contributed by atoms with Crippen molar-refractivity contribution in [2.24, 2.45) is 0 Å². The number of nitrogens with zero attached hydrogens (tertiary/aromatic N) is 2. The van der Waals surface area contributed by atoms with Crippen LogP contribution in [0.25, 0.3) is 21.0 Å². The van der Waals surface area contributed by atoms with Crippen molar-refractivity contribution in [2.45, 2.75) is 12.8 Å². The zero-order chi connectivity index (χ0) is 19.6. The first kappa shape index (κ1) is 18.5. The summed E-state index contributed by atoms with van der Waals surface area (Å²) in [4.78, 5) is 8.55. The molecule has 1 fully saturated rings. The molecule has 5 heteroatoms. The molecule has 1 saturated heterocycles. The number of hydrogen-bond donors (Lipinski definition) is 1. The lowest BCUT2D eigenvalue weighted by Crippen LogP contribution is -2.46. The van der Waals surface area contributed by atoms with Crippen LogP contribution in [0.15, 0.2) is 54.0 Å². The third-order valence-corrected chi connectivity index (χ3v) is 6.96. The highest BCUT2D eigenvalue weighted by Crippen LogP contribution is 2.31. The van der Waals surface area contributed by atoms with Crippen molar-refractivity contribution >= 4 is 38.0 Å². The lowest BCUT2D eigenvalue weighted by molar-refractivity contribution is 0.255. The predicted molar refractivity (Wildman–Crippen MR) is 124 cm³/mol. The highest BCUT2D eigenvalue weighted by Gasteiger charge is 2.18. The fourth-order valence-electron chi connectivity index (χ4n) is 4.45. The summed E-state index contributed by atoms with van der Waals surface area (Å²) in [6, 6.07) is 15.2. The number of H-pyrrole nitrogens is 1. The van der Waals surface area contributed by atoms with Gasteiger partial charge in [-0.15, -0.1) is 11.3 Å². The van der Waals surface area contributed by atoms with Crippen LogP contribution in [0.4, 0.5) is 5.69 Å². The Hall–Kier alpha value is -2.50. The lowest BCUT2D eigenvalue weighted by atomic mass is 10.1. The molecule has 0 bridgehead atoms. The molecule has 5 rings (SSSR count). The molecule has 1 N–H and O–H groups in total. The van der Waals surface area contributed by atoms with E-state index in [0.29, 0.717) is 0 Å². The van der Waals surface area contributed by atoms with Gasteiger partial charge in [-0.1, -0.05) is 6.07 Å². The van der Waals surface area contributed by atoms with Crippen molar-refractivity contribution < 1.29 is 4.74 Å². The summed E-state index contributed by atoms with van der Waals surface area (Å²) >= 11 is 1.83. The Kier molecular flexibility index (Phi) is 5.17. The van der Waals surface area contributed by atoms with Crippen LogP contribution in [0, 0.1) is 0 Å². The van der Waals surface area contributed by atoms with Gasteiger partial charge in [0, 0.05) is 59.1 Å². The summed E-state index contributed by atoms with van der Waals surface area (Å²) in [6.45, 7) is 5.66. The van der Waals surface area contributed by atoms with Crippen molar-refractivity contribution in [2.75, 3.05) is 44.7 Å². The molecular formula is C24H27N3OS. The van der Waals surface area contributed by atoms with Gasteiger partial charge in [-0.25, -0.2) is 0 Å². The molecule has 0 atom stereocenters. The number of methoxy groups -OCH3 is 1. The van der Waals surface area contributed by atoms with Gasteiger partial charge < -0.3 is 14.6 Å². The Morgan fingerprint density at radius 1 is 1.03 bits per heavy atom. The molecule has 2 aromatic heterocycles. The molecule has 0 saturated carbocycles. The molecule has 0 amide bonds. The number of rotatable bonds is 6. The maximum absolute atomic E-state index is 5.39. The average Bonchev–Trinajstić information content (AvgIpc) is 3.41. The lowest BCUT2D eigenvalue weighted by Gasteiger charge is -2.36. The summed E-state index contributed by atoms with van der Waals surface area (Å²) in [5.41, 5.74) is 3.98. The van der Waals surface area contributed by atoms with Gasteiger partial charge in [-0.05, 0) is 66.7 Å². The Morgan fingerprint density at radius 3 is 2.79 bits per heavy atom. The van der Waals surface area contributed by atoms with Crippen LogP contribution in [-0.2, 0) is 6.42 Å². The number of thiophene rings is 1. The maximum atomic E-state index is 5.39. The van der Waals surface area contributed by atoms with Gasteiger partial charge in [0.15, 0.2) is 0 Å². The van der Waals surface area contributed by atoms with Crippen LogP contribution in [0.5, 0.6) is 5.75 Å². The molecule has 150 valence electrons. The van der Waals surface area contributed by atoms with Crippen LogP contribution in [-0.4, -0.2) is 49.7 Å². The number of anilines is 1. The minimum absolute atomic E-state index is 0.926. The molecule has 29 heavy (non-hydrogen) atoms. The van der Waals surface area contributed by atoms with Gasteiger partial charge in [0.05, 0.1) is 7.11 Å². The smallest absolute Gasteiger partial charge is 0.119 e. The summed E-state index contributed by atoms with van der Waals surface area (Å²) in [7, 11) is 1.73. The summed E-state index contributed by atoms with van der Waals surface area (Å²) in [5, 5.41) is 4.89. The second-order valence-corrected chi connectivity index (χ2v) is 8.71. The monoisotopic (exact) mass is 405 g/mol. The van der Waals surface area contributed by atoms with Crippen LogP contribution < -0.4 is 9.64 Å². The van der Waals surface area contributed by atoms with Gasteiger partial charge in [0.1, 0.15) is 5.75 Å². The maximum Gasteiger partial charge on any atom is 0.119 e. The third-order valence-electron chi connectivity index (χ3n) is 6.08. The Bertz CT molecular complexity index is 1110. The number of ether oxygens (including phenoxy) is 1. The first-order valence-corrected chi connectivity index (χ1v) is 11.3. The number of piperazine rings is 1. The van der Waals surface area contributed by atoms with Gasteiger partial charge in [0.2, 0.25) is 0 Å². The van der Waals surface area contributed by atoms with E-state index in [0.717, 1.165) is 44.9 Å². The first-order chi connectivity index (χ1) is 14.3. The largest absolute Gasteiger partial charge is 0.497 e. The molecule has 3 heterocycles. The van der Waals surface area contributed by atoms with Crippen molar-refractivity contribution in [3.8, 4) is 5.75 Å². The second-order valence-electron chi connectivity index (χ2n) is 7.77. The molecule has 0 spiro atoms. The van der Waals surface area contributed by atoms with E-state index in [-0.39, 0.29) is 0 Å². The average molecular weight is 406 g/mol. The van der Waals surface area contributed by atoms with E-state index in [1.165, 1.54) is 38.7 Å². The molecular weight excluding hydrogens is 378 g/mol. The number of benzene rings is 2. The highest BCUT2D eigenvalue weighted by molar-refractivity contribution is 7.17. The molecule has 0 unspecified atom stereocenters. The molecule has 4 nitrogen and oxygen atoms in total. The normalized spacial score (nSPS) is 15.4. The van der Waals surface area contributed by atoms with Crippen LogP contribution >= 0.6 is 11.3 Å². The van der Waals surface area contributed by atoms with Gasteiger partial charge in [-0.3, -0.25) is 4.90 Å². The number of nitrogens with one attached hydrogen (secondary N) is 1. The van der Waals surface area contributed by atoms with E-state index in [4.69, 9.17) is 4.74 Å². The van der Waals surface area contributed by atoms with E-state index in [9.17, 15) is 0 Å². The SMILES string of the molecule is COc1ccc2[nH]cc(CCCN3CCN(c4cccc5sccc45)CC3)c2c1. The van der Waals surface area contributed by atoms with Gasteiger partial charge >= 0.3 is 0 Å². The molecule has 4 aromatic rings. The van der Waals surface area contributed by atoms with E-state index < -0.39 is 0 Å². The minimum Gasteiger partial charge on any atom is -0.497 e. The topological polar surface area (TPSA) is 31.5 Å². The molecule has 1 aliphatic heterocycles.